The summed E-state index contributed by atoms with van der Waals surface area (Å²) in [6.07, 6.45) is 0. The Morgan fingerprint density at radius 2 is 1.78 bits per heavy atom. The van der Waals surface area contributed by atoms with Crippen molar-refractivity contribution in [3.05, 3.63) is 72.3 Å². The Labute approximate surface area is 139 Å². The number of hydrogen-bond donors (Lipinski definition) is 2. The van der Waals surface area contributed by atoms with Gasteiger partial charge in [-0.1, -0.05) is 48.5 Å². The first-order chi connectivity index (χ1) is 11.2. The van der Waals surface area contributed by atoms with E-state index >= 15 is 0 Å². The highest BCUT2D eigenvalue weighted by Crippen LogP contribution is 2.23. The minimum atomic E-state index is -0.0687. The SMILES string of the molecule is O=C(CSCc1cccc2ccccc12)Nc1cccc(O)c1. The predicted octanol–water partition coefficient (Wildman–Crippen LogP) is 4.42. The van der Waals surface area contributed by atoms with Gasteiger partial charge in [-0.3, -0.25) is 4.79 Å². The highest BCUT2D eigenvalue weighted by Gasteiger charge is 2.05. The number of anilines is 1. The van der Waals surface area contributed by atoms with E-state index in [0.717, 1.165) is 5.75 Å². The lowest BCUT2D eigenvalue weighted by atomic mass is 10.1. The third kappa shape index (κ3) is 4.05. The normalized spacial score (nSPS) is 10.6. The van der Waals surface area contributed by atoms with Gasteiger partial charge in [0.15, 0.2) is 0 Å². The van der Waals surface area contributed by atoms with Gasteiger partial charge in [0.1, 0.15) is 5.75 Å². The summed E-state index contributed by atoms with van der Waals surface area (Å²) in [5.74, 6) is 1.24. The molecule has 3 rings (SSSR count). The molecule has 3 aromatic rings. The summed E-state index contributed by atoms with van der Waals surface area (Å²) in [5.41, 5.74) is 1.85. The molecule has 0 radical (unpaired) electrons. The van der Waals surface area contributed by atoms with Gasteiger partial charge in [-0.15, -0.1) is 11.8 Å². The molecule has 0 fully saturated rings. The lowest BCUT2D eigenvalue weighted by Crippen LogP contribution is -2.14. The molecule has 23 heavy (non-hydrogen) atoms. The zero-order chi connectivity index (χ0) is 16.1. The van der Waals surface area contributed by atoms with Crippen LogP contribution in [0.15, 0.2) is 66.7 Å². The first-order valence-corrected chi connectivity index (χ1v) is 8.51. The van der Waals surface area contributed by atoms with E-state index in [9.17, 15) is 9.90 Å². The molecule has 0 heterocycles. The number of carbonyl (C=O) groups is 1. The van der Waals surface area contributed by atoms with Crippen LogP contribution in [0, 0.1) is 0 Å². The average Bonchev–Trinajstić information content (AvgIpc) is 2.55. The Bertz CT molecular complexity index is 827. The highest BCUT2D eigenvalue weighted by atomic mass is 32.2. The fourth-order valence-electron chi connectivity index (χ4n) is 2.45. The number of rotatable bonds is 5. The first-order valence-electron chi connectivity index (χ1n) is 7.35. The largest absolute Gasteiger partial charge is 0.508 e. The minimum Gasteiger partial charge on any atom is -0.508 e. The maximum absolute atomic E-state index is 12.0. The van der Waals surface area contributed by atoms with Gasteiger partial charge in [0.2, 0.25) is 5.91 Å². The van der Waals surface area contributed by atoms with Gasteiger partial charge in [0.25, 0.3) is 0 Å². The molecular formula is C19H17NO2S. The number of carbonyl (C=O) groups excluding carboxylic acids is 1. The Morgan fingerprint density at radius 1 is 1.00 bits per heavy atom. The second-order valence-electron chi connectivity index (χ2n) is 5.23. The molecule has 2 N–H and O–H groups in total. The summed E-state index contributed by atoms with van der Waals surface area (Å²) in [4.78, 5) is 12.0. The molecule has 0 atom stereocenters. The van der Waals surface area contributed by atoms with Crippen molar-refractivity contribution in [1.82, 2.24) is 0 Å². The predicted molar refractivity (Wildman–Crippen MR) is 96.8 cm³/mol. The molecule has 3 nitrogen and oxygen atoms in total. The summed E-state index contributed by atoms with van der Waals surface area (Å²) in [5, 5.41) is 14.6. The summed E-state index contributed by atoms with van der Waals surface area (Å²) < 4.78 is 0. The molecule has 0 spiro atoms. The number of amides is 1. The molecule has 0 saturated heterocycles. The molecular weight excluding hydrogens is 306 g/mol. The molecule has 0 aliphatic rings. The summed E-state index contributed by atoms with van der Waals surface area (Å²) in [7, 11) is 0. The van der Waals surface area contributed by atoms with E-state index in [1.165, 1.54) is 22.4 Å². The third-order valence-corrected chi connectivity index (χ3v) is 4.48. The molecule has 1 amide bonds. The van der Waals surface area contributed by atoms with Gasteiger partial charge in [0.05, 0.1) is 5.75 Å². The lowest BCUT2D eigenvalue weighted by molar-refractivity contribution is -0.113. The van der Waals surface area contributed by atoms with Crippen molar-refractivity contribution < 1.29 is 9.90 Å². The quantitative estimate of drug-likeness (QED) is 0.731. The summed E-state index contributed by atoms with van der Waals surface area (Å²) >= 11 is 1.58. The van der Waals surface area contributed by atoms with E-state index in [4.69, 9.17) is 0 Å². The van der Waals surface area contributed by atoms with Crippen LogP contribution in [0.4, 0.5) is 5.69 Å². The van der Waals surface area contributed by atoms with Crippen molar-refractivity contribution in [3.63, 3.8) is 0 Å². The maximum atomic E-state index is 12.0. The van der Waals surface area contributed by atoms with Crippen molar-refractivity contribution in [2.45, 2.75) is 5.75 Å². The van der Waals surface area contributed by atoms with Gasteiger partial charge in [-0.25, -0.2) is 0 Å². The number of aromatic hydroxyl groups is 1. The standard InChI is InChI=1S/C19H17NO2S/c21-17-9-4-8-16(11-17)20-19(22)13-23-12-15-7-3-6-14-5-1-2-10-18(14)15/h1-11,21H,12-13H2,(H,20,22). The van der Waals surface area contributed by atoms with E-state index in [0.29, 0.717) is 11.4 Å². The molecule has 3 aromatic carbocycles. The molecule has 0 aromatic heterocycles. The molecule has 0 aliphatic heterocycles. The number of phenols is 1. The van der Waals surface area contributed by atoms with E-state index in [-0.39, 0.29) is 11.7 Å². The van der Waals surface area contributed by atoms with Crippen molar-refractivity contribution in [1.29, 1.82) is 0 Å². The molecule has 0 bridgehead atoms. The first kappa shape index (κ1) is 15.4. The lowest BCUT2D eigenvalue weighted by Gasteiger charge is -2.07. The average molecular weight is 323 g/mol. The monoisotopic (exact) mass is 323 g/mol. The number of nitrogens with one attached hydrogen (secondary N) is 1. The Hall–Kier alpha value is -2.46. The Morgan fingerprint density at radius 3 is 2.65 bits per heavy atom. The van der Waals surface area contributed by atoms with Gasteiger partial charge in [-0.05, 0) is 28.5 Å². The van der Waals surface area contributed by atoms with E-state index in [1.807, 2.05) is 18.2 Å². The highest BCUT2D eigenvalue weighted by molar-refractivity contribution is 7.99. The van der Waals surface area contributed by atoms with Crippen LogP contribution in [-0.2, 0) is 10.5 Å². The van der Waals surface area contributed by atoms with Crippen molar-refractivity contribution in [2.75, 3.05) is 11.1 Å². The Kier molecular flexibility index (Phi) is 4.83. The second kappa shape index (κ2) is 7.20. The Balaban J connectivity index is 1.57. The molecule has 116 valence electrons. The van der Waals surface area contributed by atoms with E-state index in [2.05, 4.69) is 29.6 Å². The van der Waals surface area contributed by atoms with Gasteiger partial charge < -0.3 is 10.4 Å². The number of hydrogen-bond acceptors (Lipinski definition) is 3. The fraction of sp³-hybridized carbons (Fsp3) is 0.105. The smallest absolute Gasteiger partial charge is 0.234 e. The summed E-state index contributed by atoms with van der Waals surface area (Å²) in [6, 6.07) is 21.1. The zero-order valence-electron chi connectivity index (χ0n) is 12.5. The maximum Gasteiger partial charge on any atom is 0.234 e. The van der Waals surface area contributed by atoms with Gasteiger partial charge >= 0.3 is 0 Å². The molecule has 0 saturated carbocycles. The van der Waals surface area contributed by atoms with E-state index < -0.39 is 0 Å². The topological polar surface area (TPSA) is 49.3 Å². The molecule has 4 heteroatoms. The number of fused-ring (bicyclic) bond motifs is 1. The number of phenolic OH excluding ortho intramolecular Hbond substituents is 1. The van der Waals surface area contributed by atoms with Gasteiger partial charge in [0, 0.05) is 17.5 Å². The number of benzene rings is 3. The molecule has 0 unspecified atom stereocenters. The van der Waals surface area contributed by atoms with Crippen LogP contribution in [0.3, 0.4) is 0 Å². The second-order valence-corrected chi connectivity index (χ2v) is 6.22. The number of thioether (sulfide) groups is 1. The zero-order valence-corrected chi connectivity index (χ0v) is 13.3. The van der Waals surface area contributed by atoms with Crippen LogP contribution in [0.2, 0.25) is 0 Å². The van der Waals surface area contributed by atoms with Gasteiger partial charge in [-0.2, -0.15) is 0 Å². The van der Waals surface area contributed by atoms with Crippen LogP contribution in [-0.4, -0.2) is 16.8 Å². The van der Waals surface area contributed by atoms with Crippen LogP contribution in [0.5, 0.6) is 5.75 Å². The fourth-order valence-corrected chi connectivity index (χ4v) is 3.28. The molecule has 0 aliphatic carbocycles. The summed E-state index contributed by atoms with van der Waals surface area (Å²) in [6.45, 7) is 0. The van der Waals surface area contributed by atoms with Crippen LogP contribution in [0.1, 0.15) is 5.56 Å². The van der Waals surface area contributed by atoms with Crippen LogP contribution in [0.25, 0.3) is 10.8 Å². The third-order valence-electron chi connectivity index (χ3n) is 3.50. The van der Waals surface area contributed by atoms with Crippen molar-refractivity contribution in [2.24, 2.45) is 0 Å². The van der Waals surface area contributed by atoms with E-state index in [1.54, 1.807) is 30.0 Å². The van der Waals surface area contributed by atoms with Crippen LogP contribution >= 0.6 is 11.8 Å². The van der Waals surface area contributed by atoms with Crippen LogP contribution < -0.4 is 5.32 Å². The minimum absolute atomic E-state index is 0.0687. The van der Waals surface area contributed by atoms with Crippen molar-refractivity contribution >= 4 is 34.1 Å². The van der Waals surface area contributed by atoms with Crippen molar-refractivity contribution in [3.8, 4) is 5.75 Å².